The molecule has 0 aliphatic carbocycles. The van der Waals surface area contributed by atoms with Crippen LogP contribution in [0.4, 0.5) is 0 Å². The molecule has 3 nitrogen and oxygen atoms in total. The van der Waals surface area contributed by atoms with Gasteiger partial charge in [-0.2, -0.15) is 0 Å². The highest BCUT2D eigenvalue weighted by molar-refractivity contribution is 9.10. The zero-order valence-corrected chi connectivity index (χ0v) is 10.1. The zero-order chi connectivity index (χ0) is 10.6. The molecule has 1 aromatic carbocycles. The van der Waals surface area contributed by atoms with Gasteiger partial charge in [-0.1, -0.05) is 12.1 Å². The normalized spacial score (nSPS) is 11.3. The van der Waals surface area contributed by atoms with Crippen molar-refractivity contribution in [2.45, 2.75) is 0 Å². The average Bonchev–Trinajstić information content (AvgIpc) is 2.06. The molecule has 0 amide bonds. The molecule has 0 saturated carbocycles. The van der Waals surface area contributed by atoms with Crippen molar-refractivity contribution < 1.29 is 13.2 Å². The summed E-state index contributed by atoms with van der Waals surface area (Å²) in [5.74, 6) is 0.699. The molecule has 0 aromatic heterocycles. The molecule has 0 heterocycles. The predicted octanol–water partition coefficient (Wildman–Crippen LogP) is 1.87. The summed E-state index contributed by atoms with van der Waals surface area (Å²) in [4.78, 5) is 0. The molecule has 0 N–H and O–H groups in total. The highest BCUT2D eigenvalue weighted by Gasteiger charge is 2.03. The van der Waals surface area contributed by atoms with E-state index in [0.717, 1.165) is 4.47 Å². The van der Waals surface area contributed by atoms with Crippen LogP contribution in [0.25, 0.3) is 0 Å². The number of hydrogen-bond donors (Lipinski definition) is 0. The van der Waals surface area contributed by atoms with Gasteiger partial charge < -0.3 is 4.74 Å². The summed E-state index contributed by atoms with van der Waals surface area (Å²) in [5, 5.41) is 0. The van der Waals surface area contributed by atoms with Crippen molar-refractivity contribution in [3.8, 4) is 5.75 Å². The van der Waals surface area contributed by atoms with Gasteiger partial charge in [0.1, 0.15) is 12.4 Å². The summed E-state index contributed by atoms with van der Waals surface area (Å²) in [7, 11) is -2.95. The molecule has 0 saturated heterocycles. The predicted molar refractivity (Wildman–Crippen MR) is 59.3 cm³/mol. The molecule has 14 heavy (non-hydrogen) atoms. The number of sulfone groups is 1. The number of para-hydroxylation sites is 1. The third-order valence-electron chi connectivity index (χ3n) is 1.55. The second-order valence-electron chi connectivity index (χ2n) is 2.91. The Morgan fingerprint density at radius 2 is 2.00 bits per heavy atom. The highest BCUT2D eigenvalue weighted by Crippen LogP contribution is 2.23. The van der Waals surface area contributed by atoms with Crippen LogP contribution in [0.2, 0.25) is 0 Å². The van der Waals surface area contributed by atoms with Gasteiger partial charge in [0.05, 0.1) is 10.2 Å². The maximum atomic E-state index is 10.8. The largest absolute Gasteiger partial charge is 0.491 e. The molecule has 0 spiro atoms. The van der Waals surface area contributed by atoms with Crippen LogP contribution in [-0.2, 0) is 9.84 Å². The standard InChI is InChI=1S/C9H11BrO3S/c1-14(11,12)7-6-13-9-5-3-2-4-8(9)10/h2-5H,6-7H2,1H3. The smallest absolute Gasteiger partial charge is 0.150 e. The molecule has 1 rings (SSSR count). The Kier molecular flexibility index (Phi) is 3.95. The average molecular weight is 279 g/mol. The second-order valence-corrected chi connectivity index (χ2v) is 6.02. The van der Waals surface area contributed by atoms with E-state index >= 15 is 0 Å². The van der Waals surface area contributed by atoms with E-state index in [2.05, 4.69) is 15.9 Å². The Labute approximate surface area is 92.1 Å². The molecule has 0 unspecified atom stereocenters. The first-order chi connectivity index (χ1) is 6.49. The molecule has 0 aliphatic rings. The number of ether oxygens (including phenoxy) is 1. The van der Waals surface area contributed by atoms with Crippen LogP contribution in [0.3, 0.4) is 0 Å². The minimum Gasteiger partial charge on any atom is -0.491 e. The Hall–Kier alpha value is -0.550. The SMILES string of the molecule is CS(=O)(=O)CCOc1ccccc1Br. The summed E-state index contributed by atoms with van der Waals surface area (Å²) < 4.78 is 27.7. The van der Waals surface area contributed by atoms with Gasteiger partial charge in [0.25, 0.3) is 0 Å². The van der Waals surface area contributed by atoms with Crippen LogP contribution in [0.15, 0.2) is 28.7 Å². The summed E-state index contributed by atoms with van der Waals surface area (Å²) in [5.41, 5.74) is 0. The van der Waals surface area contributed by atoms with Crippen LogP contribution in [0.1, 0.15) is 0 Å². The first-order valence-electron chi connectivity index (χ1n) is 4.04. The highest BCUT2D eigenvalue weighted by atomic mass is 79.9. The minimum absolute atomic E-state index is 0.0360. The monoisotopic (exact) mass is 278 g/mol. The van der Waals surface area contributed by atoms with Gasteiger partial charge in [-0.05, 0) is 28.1 Å². The third-order valence-corrected chi connectivity index (χ3v) is 3.11. The van der Waals surface area contributed by atoms with E-state index in [-0.39, 0.29) is 12.4 Å². The van der Waals surface area contributed by atoms with Crippen LogP contribution in [-0.4, -0.2) is 27.0 Å². The molecule has 0 bridgehead atoms. The van der Waals surface area contributed by atoms with Crippen molar-refractivity contribution in [1.29, 1.82) is 0 Å². The fourth-order valence-corrected chi connectivity index (χ4v) is 1.65. The Morgan fingerprint density at radius 1 is 1.36 bits per heavy atom. The van der Waals surface area contributed by atoms with E-state index in [1.165, 1.54) is 6.26 Å². The van der Waals surface area contributed by atoms with Crippen molar-refractivity contribution >= 4 is 25.8 Å². The van der Waals surface area contributed by atoms with Gasteiger partial charge >= 0.3 is 0 Å². The Bertz CT molecular complexity index is 400. The lowest BCUT2D eigenvalue weighted by Gasteiger charge is -2.06. The van der Waals surface area contributed by atoms with E-state index in [9.17, 15) is 8.42 Å². The van der Waals surface area contributed by atoms with Crippen molar-refractivity contribution in [2.24, 2.45) is 0 Å². The first kappa shape index (κ1) is 11.5. The third kappa shape index (κ3) is 4.11. The molecule has 0 fully saturated rings. The van der Waals surface area contributed by atoms with Crippen LogP contribution < -0.4 is 4.74 Å². The van der Waals surface area contributed by atoms with Crippen molar-refractivity contribution in [2.75, 3.05) is 18.6 Å². The van der Waals surface area contributed by atoms with Crippen LogP contribution >= 0.6 is 15.9 Å². The summed E-state index contributed by atoms with van der Waals surface area (Å²) in [6.45, 7) is 0.182. The van der Waals surface area contributed by atoms with Gasteiger partial charge in [-0.25, -0.2) is 8.42 Å². The zero-order valence-electron chi connectivity index (χ0n) is 7.73. The number of rotatable bonds is 4. The Morgan fingerprint density at radius 3 is 2.57 bits per heavy atom. The molecular formula is C9H11BrO3S. The number of hydrogen-bond acceptors (Lipinski definition) is 3. The quantitative estimate of drug-likeness (QED) is 0.845. The fraction of sp³-hybridized carbons (Fsp3) is 0.333. The fourth-order valence-electron chi connectivity index (χ4n) is 0.865. The van der Waals surface area contributed by atoms with E-state index < -0.39 is 9.84 Å². The van der Waals surface area contributed by atoms with Crippen molar-refractivity contribution in [1.82, 2.24) is 0 Å². The van der Waals surface area contributed by atoms with Gasteiger partial charge in [0, 0.05) is 6.26 Å². The summed E-state index contributed by atoms with van der Waals surface area (Å²) >= 11 is 3.30. The molecule has 0 radical (unpaired) electrons. The Balaban J connectivity index is 2.51. The molecular weight excluding hydrogens is 268 g/mol. The summed E-state index contributed by atoms with van der Waals surface area (Å²) in [6.07, 6.45) is 1.19. The van der Waals surface area contributed by atoms with Crippen LogP contribution in [0.5, 0.6) is 5.75 Å². The number of benzene rings is 1. The summed E-state index contributed by atoms with van der Waals surface area (Å²) in [6, 6.07) is 7.33. The maximum absolute atomic E-state index is 10.8. The molecule has 5 heteroatoms. The maximum Gasteiger partial charge on any atom is 0.150 e. The van der Waals surface area contributed by atoms with Crippen molar-refractivity contribution in [3.63, 3.8) is 0 Å². The van der Waals surface area contributed by atoms with Gasteiger partial charge in [-0.15, -0.1) is 0 Å². The topological polar surface area (TPSA) is 43.4 Å². The lowest BCUT2D eigenvalue weighted by atomic mass is 10.3. The second kappa shape index (κ2) is 4.79. The van der Waals surface area contributed by atoms with E-state index in [0.29, 0.717) is 5.75 Å². The number of halogens is 1. The molecule has 0 aliphatic heterocycles. The first-order valence-corrected chi connectivity index (χ1v) is 6.89. The molecule has 1 aromatic rings. The van der Waals surface area contributed by atoms with Crippen molar-refractivity contribution in [3.05, 3.63) is 28.7 Å². The van der Waals surface area contributed by atoms with E-state index in [1.807, 2.05) is 18.2 Å². The lowest BCUT2D eigenvalue weighted by Crippen LogP contribution is -2.12. The molecule has 78 valence electrons. The lowest BCUT2D eigenvalue weighted by molar-refractivity contribution is 0.339. The van der Waals surface area contributed by atoms with E-state index in [4.69, 9.17) is 4.74 Å². The minimum atomic E-state index is -2.95. The van der Waals surface area contributed by atoms with Gasteiger partial charge in [0.15, 0.2) is 9.84 Å². The van der Waals surface area contributed by atoms with E-state index in [1.54, 1.807) is 6.07 Å². The molecule has 0 atom stereocenters. The van der Waals surface area contributed by atoms with Gasteiger partial charge in [0.2, 0.25) is 0 Å². The van der Waals surface area contributed by atoms with Gasteiger partial charge in [-0.3, -0.25) is 0 Å². The van der Waals surface area contributed by atoms with Crippen LogP contribution in [0, 0.1) is 0 Å².